The summed E-state index contributed by atoms with van der Waals surface area (Å²) in [6.45, 7) is 0.730. The van der Waals surface area contributed by atoms with E-state index in [1.807, 2.05) is 12.1 Å². The zero-order chi connectivity index (χ0) is 11.5. The van der Waals surface area contributed by atoms with Crippen LogP contribution in [0.1, 0.15) is 12.0 Å². The molecule has 0 aromatic heterocycles. The van der Waals surface area contributed by atoms with Crippen molar-refractivity contribution in [2.75, 3.05) is 17.2 Å². The second-order valence-corrected chi connectivity index (χ2v) is 4.28. The van der Waals surface area contributed by atoms with Crippen LogP contribution in [-0.4, -0.2) is 18.2 Å². The van der Waals surface area contributed by atoms with Gasteiger partial charge in [-0.05, 0) is 35.9 Å². The molecule has 1 heterocycles. The summed E-state index contributed by atoms with van der Waals surface area (Å²) >= 11 is 4.22. The van der Waals surface area contributed by atoms with Crippen LogP contribution in [-0.2, 0) is 4.79 Å². The van der Waals surface area contributed by atoms with Gasteiger partial charge in [-0.15, -0.1) is 0 Å². The van der Waals surface area contributed by atoms with Crippen molar-refractivity contribution >= 4 is 24.2 Å². The maximum absolute atomic E-state index is 11.7. The third kappa shape index (κ3) is 2.05. The van der Waals surface area contributed by atoms with Crippen molar-refractivity contribution in [2.24, 2.45) is 5.92 Å². The molecule has 0 saturated carbocycles. The molecular weight excluding hydrogens is 220 g/mol. The topological polar surface area (TPSA) is 44.1 Å². The van der Waals surface area contributed by atoms with Crippen molar-refractivity contribution in [2.45, 2.75) is 6.42 Å². The van der Waals surface area contributed by atoms with Crippen molar-refractivity contribution in [3.8, 4) is 6.07 Å². The van der Waals surface area contributed by atoms with Gasteiger partial charge in [0.05, 0.1) is 11.6 Å². The van der Waals surface area contributed by atoms with Crippen molar-refractivity contribution in [1.82, 2.24) is 0 Å². The number of rotatable bonds is 2. The first-order chi connectivity index (χ1) is 7.74. The van der Waals surface area contributed by atoms with E-state index >= 15 is 0 Å². The van der Waals surface area contributed by atoms with Crippen molar-refractivity contribution in [3.63, 3.8) is 0 Å². The number of nitrogens with zero attached hydrogens (tertiary/aromatic N) is 2. The Labute approximate surface area is 100 Å². The molecule has 4 heteroatoms. The van der Waals surface area contributed by atoms with Crippen LogP contribution in [0.15, 0.2) is 24.3 Å². The molecule has 0 radical (unpaired) electrons. The summed E-state index contributed by atoms with van der Waals surface area (Å²) in [4.78, 5) is 13.5. The highest BCUT2D eigenvalue weighted by Gasteiger charge is 2.29. The summed E-state index contributed by atoms with van der Waals surface area (Å²) < 4.78 is 0. The lowest BCUT2D eigenvalue weighted by molar-refractivity contribution is -0.117. The van der Waals surface area contributed by atoms with Crippen LogP contribution < -0.4 is 4.90 Å². The van der Waals surface area contributed by atoms with Gasteiger partial charge < -0.3 is 4.90 Å². The van der Waals surface area contributed by atoms with E-state index in [1.54, 1.807) is 17.0 Å². The molecule has 16 heavy (non-hydrogen) atoms. The molecule has 2 rings (SSSR count). The van der Waals surface area contributed by atoms with Gasteiger partial charge in [-0.25, -0.2) is 0 Å². The Kier molecular flexibility index (Phi) is 3.16. The Hall–Kier alpha value is -1.47. The Morgan fingerprint density at radius 1 is 1.44 bits per heavy atom. The first kappa shape index (κ1) is 11.0. The molecule has 1 atom stereocenters. The van der Waals surface area contributed by atoms with Crippen LogP contribution in [0.5, 0.6) is 0 Å². The first-order valence-corrected chi connectivity index (χ1v) is 5.79. The number of hydrogen-bond acceptors (Lipinski definition) is 3. The third-order valence-electron chi connectivity index (χ3n) is 2.77. The number of amides is 1. The average Bonchev–Trinajstić information content (AvgIpc) is 2.71. The lowest BCUT2D eigenvalue weighted by Gasteiger charge is -2.16. The molecule has 82 valence electrons. The summed E-state index contributed by atoms with van der Waals surface area (Å²) in [6, 6.07) is 9.16. The Bertz CT molecular complexity index is 435. The third-order valence-corrected chi connectivity index (χ3v) is 3.29. The zero-order valence-corrected chi connectivity index (χ0v) is 9.65. The molecule has 1 aliphatic heterocycles. The Balaban J connectivity index is 2.19. The molecule has 1 aromatic carbocycles. The van der Waals surface area contributed by atoms with Crippen LogP contribution in [0, 0.1) is 17.2 Å². The number of carbonyl (C=O) groups is 1. The Morgan fingerprint density at radius 3 is 2.62 bits per heavy atom. The van der Waals surface area contributed by atoms with Crippen molar-refractivity contribution in [1.29, 1.82) is 5.26 Å². The van der Waals surface area contributed by atoms with E-state index in [-0.39, 0.29) is 5.91 Å². The molecule has 3 nitrogen and oxygen atoms in total. The van der Waals surface area contributed by atoms with Gasteiger partial charge in [-0.2, -0.15) is 17.9 Å². The monoisotopic (exact) mass is 232 g/mol. The van der Waals surface area contributed by atoms with Gasteiger partial charge in [0, 0.05) is 18.7 Å². The minimum atomic E-state index is 0.142. The molecule has 0 N–H and O–H groups in total. The average molecular weight is 232 g/mol. The van der Waals surface area contributed by atoms with E-state index < -0.39 is 0 Å². The fourth-order valence-electron chi connectivity index (χ4n) is 1.87. The highest BCUT2D eigenvalue weighted by atomic mass is 32.1. The highest BCUT2D eigenvalue weighted by Crippen LogP contribution is 2.25. The van der Waals surface area contributed by atoms with Crippen LogP contribution in [0.2, 0.25) is 0 Å². The molecule has 1 amide bonds. The smallest absolute Gasteiger partial charge is 0.227 e. The lowest BCUT2D eigenvalue weighted by Crippen LogP contribution is -2.24. The van der Waals surface area contributed by atoms with E-state index in [9.17, 15) is 4.79 Å². The van der Waals surface area contributed by atoms with Gasteiger partial charge in [-0.1, -0.05) is 0 Å². The molecule has 1 fully saturated rings. The molecule has 0 spiro atoms. The molecular formula is C12H12N2OS. The van der Waals surface area contributed by atoms with Gasteiger partial charge in [-0.3, -0.25) is 4.79 Å². The van der Waals surface area contributed by atoms with E-state index in [2.05, 4.69) is 18.7 Å². The number of nitriles is 1. The van der Waals surface area contributed by atoms with Gasteiger partial charge in [0.1, 0.15) is 0 Å². The molecule has 0 aliphatic carbocycles. The normalized spacial score (nSPS) is 19.9. The Morgan fingerprint density at radius 2 is 2.12 bits per heavy atom. The summed E-state index contributed by atoms with van der Waals surface area (Å²) in [7, 11) is 0. The number of anilines is 1. The van der Waals surface area contributed by atoms with Crippen LogP contribution >= 0.6 is 12.6 Å². The number of hydrogen-bond donors (Lipinski definition) is 1. The highest BCUT2D eigenvalue weighted by molar-refractivity contribution is 7.80. The van der Waals surface area contributed by atoms with Gasteiger partial charge >= 0.3 is 0 Å². The standard InChI is InChI=1S/C12H12N2OS/c13-6-9-1-3-11(4-2-9)14-7-10(8-16)5-12(14)15/h1-4,10,16H,5,7-8H2. The zero-order valence-electron chi connectivity index (χ0n) is 8.76. The lowest BCUT2D eigenvalue weighted by atomic mass is 10.1. The molecule has 1 aromatic rings. The number of benzene rings is 1. The van der Waals surface area contributed by atoms with E-state index in [4.69, 9.17) is 5.26 Å². The van der Waals surface area contributed by atoms with E-state index in [0.717, 1.165) is 18.0 Å². The maximum atomic E-state index is 11.7. The quantitative estimate of drug-likeness (QED) is 0.791. The van der Waals surface area contributed by atoms with Crippen LogP contribution in [0.25, 0.3) is 0 Å². The fourth-order valence-corrected chi connectivity index (χ4v) is 2.11. The maximum Gasteiger partial charge on any atom is 0.227 e. The summed E-state index contributed by atoms with van der Waals surface area (Å²) in [6.07, 6.45) is 0.573. The minimum Gasteiger partial charge on any atom is -0.312 e. The van der Waals surface area contributed by atoms with Gasteiger partial charge in [0.15, 0.2) is 0 Å². The summed E-state index contributed by atoms with van der Waals surface area (Å²) in [5.74, 6) is 1.22. The van der Waals surface area contributed by atoms with Gasteiger partial charge in [0.2, 0.25) is 5.91 Å². The number of carbonyl (C=O) groups excluding carboxylic acids is 1. The molecule has 1 aliphatic rings. The van der Waals surface area contributed by atoms with Crippen LogP contribution in [0.3, 0.4) is 0 Å². The van der Waals surface area contributed by atoms with E-state index in [0.29, 0.717) is 17.9 Å². The minimum absolute atomic E-state index is 0.142. The van der Waals surface area contributed by atoms with E-state index in [1.165, 1.54) is 0 Å². The largest absolute Gasteiger partial charge is 0.312 e. The predicted octanol–water partition coefficient (Wildman–Crippen LogP) is 1.84. The summed E-state index contributed by atoms with van der Waals surface area (Å²) in [5.41, 5.74) is 1.48. The molecule has 0 bridgehead atoms. The molecule has 1 saturated heterocycles. The second-order valence-electron chi connectivity index (χ2n) is 3.92. The van der Waals surface area contributed by atoms with Crippen molar-refractivity contribution < 1.29 is 4.79 Å². The van der Waals surface area contributed by atoms with Crippen molar-refractivity contribution in [3.05, 3.63) is 29.8 Å². The van der Waals surface area contributed by atoms with Gasteiger partial charge in [0.25, 0.3) is 0 Å². The SMILES string of the molecule is N#Cc1ccc(N2CC(CS)CC2=O)cc1. The second kappa shape index (κ2) is 4.58. The first-order valence-electron chi connectivity index (χ1n) is 5.16. The summed E-state index contributed by atoms with van der Waals surface area (Å²) in [5, 5.41) is 8.69. The number of thiol groups is 1. The fraction of sp³-hybridized carbons (Fsp3) is 0.333. The molecule has 1 unspecified atom stereocenters. The van der Waals surface area contributed by atoms with Crippen LogP contribution in [0.4, 0.5) is 5.69 Å². The predicted molar refractivity (Wildman–Crippen MR) is 65.5 cm³/mol.